The highest BCUT2D eigenvalue weighted by atomic mass is 33.1. The molecule has 0 atom stereocenters. The molecule has 0 spiro atoms. The van der Waals surface area contributed by atoms with Gasteiger partial charge in [-0.1, -0.05) is 0 Å². The summed E-state index contributed by atoms with van der Waals surface area (Å²) in [5.74, 6) is 0.725. The SMILES string of the molecule is c1cc(C2=NN=C(SSc3n[nH]c(-c4ccncc4)n3)C2)ccn1. The second-order valence-electron chi connectivity index (χ2n) is 4.82. The van der Waals surface area contributed by atoms with E-state index >= 15 is 0 Å². The van der Waals surface area contributed by atoms with Crippen LogP contribution in [0.2, 0.25) is 0 Å². The van der Waals surface area contributed by atoms with Crippen molar-refractivity contribution in [3.8, 4) is 11.4 Å². The summed E-state index contributed by atoms with van der Waals surface area (Å²) in [5.41, 5.74) is 2.95. The number of hydrogen-bond donors (Lipinski definition) is 1. The third kappa shape index (κ3) is 3.36. The van der Waals surface area contributed by atoms with Crippen molar-refractivity contribution in [2.45, 2.75) is 11.6 Å². The Morgan fingerprint density at radius 1 is 0.833 bits per heavy atom. The van der Waals surface area contributed by atoms with Crippen molar-refractivity contribution in [1.29, 1.82) is 0 Å². The molecule has 3 aromatic rings. The monoisotopic (exact) mass is 353 g/mol. The summed E-state index contributed by atoms with van der Waals surface area (Å²) in [6, 6.07) is 7.65. The van der Waals surface area contributed by atoms with Crippen molar-refractivity contribution in [1.82, 2.24) is 25.1 Å². The summed E-state index contributed by atoms with van der Waals surface area (Å²) in [4.78, 5) is 12.5. The Kier molecular flexibility index (Phi) is 4.34. The number of aromatic nitrogens is 5. The number of hydrogen-bond acceptors (Lipinski definition) is 8. The van der Waals surface area contributed by atoms with Gasteiger partial charge in [-0.25, -0.2) is 4.98 Å². The molecule has 1 aliphatic rings. The van der Waals surface area contributed by atoms with E-state index in [9.17, 15) is 0 Å². The Balaban J connectivity index is 1.35. The third-order valence-electron chi connectivity index (χ3n) is 3.25. The Morgan fingerprint density at radius 3 is 2.29 bits per heavy atom. The molecule has 0 aliphatic carbocycles. The first kappa shape index (κ1) is 15.0. The van der Waals surface area contributed by atoms with Gasteiger partial charge in [-0.2, -0.15) is 5.10 Å². The standard InChI is InChI=1S/C15H11N7S2/c1-5-16-6-2-10(1)12-9-13(20-19-12)23-24-15-18-14(21-22-15)11-3-7-17-8-4-11/h1-8H,9H2,(H,18,21,22). The number of nitrogens with zero attached hydrogens (tertiary/aromatic N) is 6. The second kappa shape index (κ2) is 6.93. The summed E-state index contributed by atoms with van der Waals surface area (Å²) < 4.78 is 0. The van der Waals surface area contributed by atoms with E-state index in [1.807, 2.05) is 24.3 Å². The predicted molar refractivity (Wildman–Crippen MR) is 95.9 cm³/mol. The molecule has 0 aromatic carbocycles. The van der Waals surface area contributed by atoms with Crippen LogP contribution in [0.1, 0.15) is 12.0 Å². The summed E-state index contributed by atoms with van der Waals surface area (Å²) >= 11 is 0. The van der Waals surface area contributed by atoms with E-state index in [-0.39, 0.29) is 0 Å². The largest absolute Gasteiger partial charge is 0.265 e. The van der Waals surface area contributed by atoms with E-state index in [1.54, 1.807) is 24.8 Å². The molecule has 7 nitrogen and oxygen atoms in total. The maximum absolute atomic E-state index is 4.47. The first-order chi connectivity index (χ1) is 11.9. The Hall–Kier alpha value is -2.52. The van der Waals surface area contributed by atoms with Crippen LogP contribution in [-0.2, 0) is 0 Å². The van der Waals surface area contributed by atoms with Crippen molar-refractivity contribution in [3.05, 3.63) is 54.6 Å². The normalized spacial score (nSPS) is 13.7. The summed E-state index contributed by atoms with van der Waals surface area (Å²) in [6.45, 7) is 0. The molecule has 0 saturated carbocycles. The molecule has 4 rings (SSSR count). The van der Waals surface area contributed by atoms with Crippen molar-refractivity contribution in [2.75, 3.05) is 0 Å². The topological polar surface area (TPSA) is 92.1 Å². The van der Waals surface area contributed by atoms with E-state index in [1.165, 1.54) is 21.6 Å². The van der Waals surface area contributed by atoms with Gasteiger partial charge in [0.15, 0.2) is 5.82 Å². The first-order valence-corrected chi connectivity index (χ1v) is 9.24. The molecule has 0 bridgehead atoms. The first-order valence-electron chi connectivity index (χ1n) is 7.09. The highest BCUT2D eigenvalue weighted by Crippen LogP contribution is 2.33. The highest BCUT2D eigenvalue weighted by Gasteiger charge is 2.16. The maximum atomic E-state index is 4.47. The highest BCUT2D eigenvalue weighted by molar-refractivity contribution is 8.82. The summed E-state index contributed by atoms with van der Waals surface area (Å²) in [6.07, 6.45) is 7.68. The van der Waals surface area contributed by atoms with E-state index < -0.39 is 0 Å². The van der Waals surface area contributed by atoms with Crippen LogP contribution in [0.15, 0.2) is 64.4 Å². The zero-order valence-corrected chi connectivity index (χ0v) is 14.0. The lowest BCUT2D eigenvalue weighted by Crippen LogP contribution is -2.00. The zero-order chi connectivity index (χ0) is 16.2. The van der Waals surface area contributed by atoms with Crippen molar-refractivity contribution in [3.63, 3.8) is 0 Å². The van der Waals surface area contributed by atoms with Crippen molar-refractivity contribution >= 4 is 32.3 Å². The third-order valence-corrected chi connectivity index (χ3v) is 5.35. The smallest absolute Gasteiger partial charge is 0.219 e. The van der Waals surface area contributed by atoms with Gasteiger partial charge in [0, 0.05) is 42.3 Å². The van der Waals surface area contributed by atoms with Gasteiger partial charge in [0.2, 0.25) is 5.16 Å². The van der Waals surface area contributed by atoms with Crippen molar-refractivity contribution in [2.24, 2.45) is 10.2 Å². The predicted octanol–water partition coefficient (Wildman–Crippen LogP) is 3.21. The van der Waals surface area contributed by atoms with E-state index in [4.69, 9.17) is 0 Å². The lowest BCUT2D eigenvalue weighted by atomic mass is 10.1. The minimum absolute atomic E-state index is 0.659. The van der Waals surface area contributed by atoms with Gasteiger partial charge < -0.3 is 0 Å². The lowest BCUT2D eigenvalue weighted by molar-refractivity contribution is 0.979. The lowest BCUT2D eigenvalue weighted by Gasteiger charge is -1.99. The fraction of sp³-hybridized carbons (Fsp3) is 0.0667. The van der Waals surface area contributed by atoms with Crippen LogP contribution in [0, 0.1) is 0 Å². The van der Waals surface area contributed by atoms with Crippen LogP contribution in [0.3, 0.4) is 0 Å². The number of H-pyrrole nitrogens is 1. The molecule has 4 heterocycles. The molecule has 0 amide bonds. The second-order valence-corrected chi connectivity index (χ2v) is 6.99. The molecule has 118 valence electrons. The van der Waals surface area contributed by atoms with Crippen LogP contribution in [0.25, 0.3) is 11.4 Å². The molecule has 0 radical (unpaired) electrons. The van der Waals surface area contributed by atoms with Gasteiger partial charge in [-0.15, -0.1) is 10.2 Å². The van der Waals surface area contributed by atoms with Gasteiger partial charge in [0.05, 0.1) is 5.71 Å². The fourth-order valence-corrected chi connectivity index (χ4v) is 3.75. The van der Waals surface area contributed by atoms with Gasteiger partial charge in [0.1, 0.15) is 5.04 Å². The van der Waals surface area contributed by atoms with E-state index in [0.717, 1.165) is 27.7 Å². The van der Waals surface area contributed by atoms with Crippen LogP contribution >= 0.6 is 21.6 Å². The molecular weight excluding hydrogens is 342 g/mol. The molecule has 1 N–H and O–H groups in total. The average molecular weight is 353 g/mol. The molecule has 0 unspecified atom stereocenters. The van der Waals surface area contributed by atoms with Crippen LogP contribution in [0.5, 0.6) is 0 Å². The zero-order valence-electron chi connectivity index (χ0n) is 12.3. The number of nitrogens with one attached hydrogen (secondary N) is 1. The molecule has 0 fully saturated rings. The molecular formula is C15H11N7S2. The quantitative estimate of drug-likeness (QED) is 0.724. The van der Waals surface area contributed by atoms with Crippen LogP contribution < -0.4 is 0 Å². The molecule has 9 heteroatoms. The minimum Gasteiger partial charge on any atom is -0.265 e. The summed E-state index contributed by atoms with van der Waals surface area (Å²) in [5, 5.41) is 17.2. The average Bonchev–Trinajstić information content (AvgIpc) is 3.31. The molecule has 1 aliphatic heterocycles. The molecule has 3 aromatic heterocycles. The number of rotatable bonds is 4. The number of pyridine rings is 2. The maximum Gasteiger partial charge on any atom is 0.219 e. The van der Waals surface area contributed by atoms with Crippen LogP contribution in [0.4, 0.5) is 0 Å². The van der Waals surface area contributed by atoms with Gasteiger partial charge >= 0.3 is 0 Å². The minimum atomic E-state index is 0.659. The number of aromatic amines is 1. The van der Waals surface area contributed by atoms with Crippen LogP contribution in [-0.4, -0.2) is 35.9 Å². The summed E-state index contributed by atoms with van der Waals surface area (Å²) in [7, 11) is 2.98. The van der Waals surface area contributed by atoms with E-state index in [0.29, 0.717) is 11.6 Å². The molecule has 24 heavy (non-hydrogen) atoms. The molecule has 0 saturated heterocycles. The van der Waals surface area contributed by atoms with Crippen molar-refractivity contribution < 1.29 is 0 Å². The van der Waals surface area contributed by atoms with E-state index in [2.05, 4.69) is 35.4 Å². The fourth-order valence-electron chi connectivity index (χ4n) is 2.09. The Bertz CT molecular complexity index is 890. The van der Waals surface area contributed by atoms with Gasteiger partial charge in [-0.3, -0.25) is 15.1 Å². The van der Waals surface area contributed by atoms with Gasteiger partial charge in [0.25, 0.3) is 0 Å². The Morgan fingerprint density at radius 2 is 1.54 bits per heavy atom. The Labute approximate surface area is 145 Å². The van der Waals surface area contributed by atoms with Gasteiger partial charge in [-0.05, 0) is 45.9 Å².